The molecule has 0 N–H and O–H groups in total. The van der Waals surface area contributed by atoms with Crippen LogP contribution in [0.1, 0.15) is 26.2 Å². The van der Waals surface area contributed by atoms with Gasteiger partial charge in [0, 0.05) is 7.11 Å². The van der Waals surface area contributed by atoms with Crippen LogP contribution in [0, 0.1) is 0 Å². The maximum absolute atomic E-state index is 6.41. The van der Waals surface area contributed by atoms with Crippen molar-refractivity contribution in [3.05, 3.63) is 29.7 Å². The second-order valence-corrected chi connectivity index (χ2v) is 10.4. The van der Waals surface area contributed by atoms with Gasteiger partial charge in [-0.3, -0.25) is 0 Å². The highest BCUT2D eigenvalue weighted by molar-refractivity contribution is 6.69. The molecular formula is C15H26O3Si. The van der Waals surface area contributed by atoms with Crippen LogP contribution in [0.4, 0.5) is 0 Å². The lowest BCUT2D eigenvalue weighted by Gasteiger charge is -2.38. The molecule has 19 heavy (non-hydrogen) atoms. The van der Waals surface area contributed by atoms with Crippen LogP contribution >= 0.6 is 0 Å². The van der Waals surface area contributed by atoms with Crippen molar-refractivity contribution < 1.29 is 13.9 Å². The van der Waals surface area contributed by atoms with Crippen molar-refractivity contribution in [2.45, 2.75) is 51.4 Å². The fourth-order valence-corrected chi connectivity index (χ4v) is 3.90. The minimum atomic E-state index is -1.73. The van der Waals surface area contributed by atoms with E-state index >= 15 is 0 Å². The van der Waals surface area contributed by atoms with Crippen molar-refractivity contribution in [2.24, 2.45) is 0 Å². The molecular weight excluding hydrogens is 256 g/mol. The van der Waals surface area contributed by atoms with Crippen molar-refractivity contribution in [1.82, 2.24) is 0 Å². The summed E-state index contributed by atoms with van der Waals surface area (Å²) in [6.45, 7) is 12.5. The lowest BCUT2D eigenvalue weighted by molar-refractivity contribution is -0.0305. The highest BCUT2D eigenvalue weighted by Gasteiger charge is 2.40. The third-order valence-electron chi connectivity index (χ3n) is 3.08. The fraction of sp³-hybridized carbons (Fsp3) is 0.667. The maximum Gasteiger partial charge on any atom is 0.189 e. The Balaban J connectivity index is 3.06. The smallest absolute Gasteiger partial charge is 0.189 e. The highest BCUT2D eigenvalue weighted by Crippen LogP contribution is 2.38. The van der Waals surface area contributed by atoms with Crippen LogP contribution in [-0.4, -0.2) is 27.8 Å². The van der Waals surface area contributed by atoms with E-state index in [-0.39, 0.29) is 6.79 Å². The summed E-state index contributed by atoms with van der Waals surface area (Å²) in [5.74, 6) is 0.630. The number of methoxy groups -OCH3 is 1. The van der Waals surface area contributed by atoms with Gasteiger partial charge >= 0.3 is 0 Å². The van der Waals surface area contributed by atoms with Crippen LogP contribution in [-0.2, 0) is 13.9 Å². The van der Waals surface area contributed by atoms with Gasteiger partial charge in [-0.05, 0) is 51.4 Å². The first-order chi connectivity index (χ1) is 8.83. The van der Waals surface area contributed by atoms with E-state index in [2.05, 4.69) is 45.0 Å². The summed E-state index contributed by atoms with van der Waals surface area (Å²) >= 11 is 0. The molecule has 0 aromatic carbocycles. The first-order valence-electron chi connectivity index (χ1n) is 6.75. The first kappa shape index (κ1) is 16.3. The van der Waals surface area contributed by atoms with Gasteiger partial charge in [0.2, 0.25) is 0 Å². The molecule has 0 fully saturated rings. The monoisotopic (exact) mass is 282 g/mol. The summed E-state index contributed by atoms with van der Waals surface area (Å²) in [7, 11) is -0.125. The van der Waals surface area contributed by atoms with E-state index in [0.717, 1.165) is 12.8 Å². The number of hydrogen-bond donors (Lipinski definition) is 0. The molecule has 1 aliphatic rings. The molecule has 1 aliphatic carbocycles. The Hall–Kier alpha value is -0.803. The lowest BCUT2D eigenvalue weighted by Crippen LogP contribution is -2.43. The Kier molecular flexibility index (Phi) is 5.62. The summed E-state index contributed by atoms with van der Waals surface area (Å²) in [5, 5.41) is 0. The van der Waals surface area contributed by atoms with Gasteiger partial charge in [-0.25, -0.2) is 0 Å². The van der Waals surface area contributed by atoms with Crippen LogP contribution in [0.15, 0.2) is 29.7 Å². The van der Waals surface area contributed by atoms with E-state index in [4.69, 9.17) is 13.9 Å². The molecule has 0 saturated carbocycles. The molecule has 108 valence electrons. The van der Waals surface area contributed by atoms with Crippen LogP contribution in [0.25, 0.3) is 0 Å². The zero-order chi connectivity index (χ0) is 14.5. The van der Waals surface area contributed by atoms with Gasteiger partial charge in [0.05, 0.1) is 0 Å². The average Bonchev–Trinajstić information content (AvgIpc) is 2.81. The molecule has 0 amide bonds. The minimum Gasteiger partial charge on any atom is -0.460 e. The summed E-state index contributed by atoms with van der Waals surface area (Å²) < 4.78 is 17.0. The van der Waals surface area contributed by atoms with Crippen molar-refractivity contribution in [3.8, 4) is 0 Å². The van der Waals surface area contributed by atoms with Gasteiger partial charge in [0.15, 0.2) is 20.9 Å². The van der Waals surface area contributed by atoms with E-state index in [1.165, 1.54) is 12.0 Å². The van der Waals surface area contributed by atoms with Crippen LogP contribution < -0.4 is 0 Å². The molecule has 0 bridgehead atoms. The summed E-state index contributed by atoms with van der Waals surface area (Å²) in [5.41, 5.74) is 3.62. The molecule has 0 aliphatic heterocycles. The van der Waals surface area contributed by atoms with E-state index in [0.29, 0.717) is 5.76 Å². The van der Waals surface area contributed by atoms with E-state index in [1.54, 1.807) is 7.11 Å². The summed E-state index contributed by atoms with van der Waals surface area (Å²) in [6.07, 6.45) is 5.58. The molecule has 3 nitrogen and oxygen atoms in total. The number of hydrogen-bond acceptors (Lipinski definition) is 3. The Labute approximate surface area is 118 Å². The predicted molar refractivity (Wildman–Crippen MR) is 80.4 cm³/mol. The van der Waals surface area contributed by atoms with Gasteiger partial charge in [0.25, 0.3) is 0 Å². The van der Waals surface area contributed by atoms with Crippen LogP contribution in [0.2, 0.25) is 19.6 Å². The quantitative estimate of drug-likeness (QED) is 0.232. The fourth-order valence-electron chi connectivity index (χ4n) is 2.45. The zero-order valence-corrected chi connectivity index (χ0v) is 13.8. The lowest BCUT2D eigenvalue weighted by atomic mass is 9.93. The van der Waals surface area contributed by atoms with E-state index in [9.17, 15) is 0 Å². The van der Waals surface area contributed by atoms with Crippen molar-refractivity contribution in [3.63, 3.8) is 0 Å². The van der Waals surface area contributed by atoms with Gasteiger partial charge in [-0.1, -0.05) is 18.4 Å². The Morgan fingerprint density at radius 1 is 1.47 bits per heavy atom. The molecule has 0 heterocycles. The van der Waals surface area contributed by atoms with Gasteiger partial charge in [-0.2, -0.15) is 0 Å². The standard InChI is InChI=1S/C15H26O3Si/c1-7-14(17-12-16-3)15(2,18-19(4,5)6)13-10-8-9-11-13/h10H,1,8-9,11-12H2,2-6H3. The normalized spacial score (nSPS) is 18.5. The first-order valence-corrected chi connectivity index (χ1v) is 10.2. The van der Waals surface area contributed by atoms with Crippen molar-refractivity contribution in [1.29, 1.82) is 0 Å². The molecule has 0 spiro atoms. The van der Waals surface area contributed by atoms with Crippen molar-refractivity contribution in [2.75, 3.05) is 13.9 Å². The summed E-state index contributed by atoms with van der Waals surface area (Å²) in [6, 6.07) is 0. The van der Waals surface area contributed by atoms with E-state index < -0.39 is 13.9 Å². The maximum atomic E-state index is 6.41. The molecule has 0 radical (unpaired) electrons. The zero-order valence-electron chi connectivity index (χ0n) is 12.8. The van der Waals surface area contributed by atoms with Gasteiger partial charge in [-0.15, -0.1) is 0 Å². The number of rotatable bonds is 7. The third-order valence-corrected chi connectivity index (χ3v) is 4.10. The van der Waals surface area contributed by atoms with Crippen molar-refractivity contribution >= 4 is 8.32 Å². The molecule has 0 saturated heterocycles. The second-order valence-electron chi connectivity index (χ2n) is 5.93. The Bertz CT molecular complexity index is 389. The molecule has 0 aromatic heterocycles. The van der Waals surface area contributed by atoms with Crippen LogP contribution in [0.5, 0.6) is 0 Å². The van der Waals surface area contributed by atoms with Gasteiger partial charge < -0.3 is 13.9 Å². The third kappa shape index (κ3) is 4.36. The second kappa shape index (κ2) is 6.57. The predicted octanol–water partition coefficient (Wildman–Crippen LogP) is 4.00. The molecule has 1 unspecified atom stereocenters. The molecule has 0 aromatic rings. The number of allylic oxidation sites excluding steroid dienone is 1. The van der Waals surface area contributed by atoms with Gasteiger partial charge in [0.1, 0.15) is 5.60 Å². The highest BCUT2D eigenvalue weighted by atomic mass is 28.4. The molecule has 4 heteroatoms. The Morgan fingerprint density at radius 2 is 2.16 bits per heavy atom. The average molecular weight is 282 g/mol. The Morgan fingerprint density at radius 3 is 2.58 bits per heavy atom. The molecule has 1 rings (SSSR count). The minimum absolute atomic E-state index is 0.190. The SMILES string of the molecule is C=C=C(OCOC)C(C)(O[Si](C)(C)C)C1=CCCC1. The topological polar surface area (TPSA) is 27.7 Å². The number of ether oxygens (including phenoxy) is 2. The van der Waals surface area contributed by atoms with E-state index in [1.807, 2.05) is 0 Å². The largest absolute Gasteiger partial charge is 0.460 e. The molecule has 1 atom stereocenters. The summed E-state index contributed by atoms with van der Waals surface area (Å²) in [4.78, 5) is 0. The van der Waals surface area contributed by atoms with Crippen LogP contribution in [0.3, 0.4) is 0 Å².